The number of rotatable bonds is 6. The molecule has 2 rings (SSSR count). The predicted octanol–water partition coefficient (Wildman–Crippen LogP) is 3.32. The number of para-hydroxylation sites is 1. The lowest BCUT2D eigenvalue weighted by Gasteiger charge is -2.11. The van der Waals surface area contributed by atoms with Gasteiger partial charge in [0.1, 0.15) is 11.5 Å². The Morgan fingerprint density at radius 1 is 0.905 bits per heavy atom. The van der Waals surface area contributed by atoms with Crippen LogP contribution in [0.1, 0.15) is 17.5 Å². The van der Waals surface area contributed by atoms with Crippen LogP contribution in [0.15, 0.2) is 36.4 Å². The van der Waals surface area contributed by atoms with Crippen molar-refractivity contribution >= 4 is 11.4 Å². The molecule has 0 saturated carbocycles. The average Bonchev–Trinajstić information content (AvgIpc) is 2.46. The standard InChI is InChI=1S/C17H22N2O2/c1-12-7-8-14(11-15(12)18)20-9-4-10-21-16-6-3-5-13(2)17(16)19/h3,5-8,11H,4,9-10,18-19H2,1-2H3. The topological polar surface area (TPSA) is 70.5 Å². The highest BCUT2D eigenvalue weighted by molar-refractivity contribution is 5.57. The summed E-state index contributed by atoms with van der Waals surface area (Å²) < 4.78 is 11.3. The summed E-state index contributed by atoms with van der Waals surface area (Å²) in [4.78, 5) is 0. The number of hydrogen-bond acceptors (Lipinski definition) is 4. The Morgan fingerprint density at radius 3 is 2.43 bits per heavy atom. The van der Waals surface area contributed by atoms with Crippen molar-refractivity contribution in [2.75, 3.05) is 24.7 Å². The highest BCUT2D eigenvalue weighted by Gasteiger charge is 2.02. The minimum atomic E-state index is 0.564. The Hall–Kier alpha value is -2.36. The summed E-state index contributed by atoms with van der Waals surface area (Å²) in [6, 6.07) is 11.5. The van der Waals surface area contributed by atoms with Crippen LogP contribution >= 0.6 is 0 Å². The zero-order valence-electron chi connectivity index (χ0n) is 12.6. The third-order valence-electron chi connectivity index (χ3n) is 3.35. The highest BCUT2D eigenvalue weighted by Crippen LogP contribution is 2.24. The molecule has 0 saturated heterocycles. The first kappa shape index (κ1) is 15.0. The van der Waals surface area contributed by atoms with Crippen molar-refractivity contribution in [3.63, 3.8) is 0 Å². The highest BCUT2D eigenvalue weighted by atomic mass is 16.5. The zero-order chi connectivity index (χ0) is 15.2. The number of ether oxygens (including phenoxy) is 2. The van der Waals surface area contributed by atoms with Gasteiger partial charge in [-0.1, -0.05) is 18.2 Å². The Bertz CT molecular complexity index is 612. The van der Waals surface area contributed by atoms with Gasteiger partial charge in [0.25, 0.3) is 0 Å². The SMILES string of the molecule is Cc1ccc(OCCCOc2cccc(C)c2N)cc1N. The van der Waals surface area contributed by atoms with Gasteiger partial charge < -0.3 is 20.9 Å². The van der Waals surface area contributed by atoms with Gasteiger partial charge in [0.15, 0.2) is 0 Å². The number of anilines is 2. The maximum Gasteiger partial charge on any atom is 0.142 e. The van der Waals surface area contributed by atoms with E-state index in [0.29, 0.717) is 18.9 Å². The lowest BCUT2D eigenvalue weighted by atomic mass is 10.2. The van der Waals surface area contributed by atoms with E-state index in [2.05, 4.69) is 0 Å². The molecule has 0 atom stereocenters. The molecule has 0 radical (unpaired) electrons. The lowest BCUT2D eigenvalue weighted by Crippen LogP contribution is -2.06. The number of nitrogen functional groups attached to an aromatic ring is 2. The van der Waals surface area contributed by atoms with E-state index >= 15 is 0 Å². The van der Waals surface area contributed by atoms with E-state index < -0.39 is 0 Å². The fourth-order valence-electron chi connectivity index (χ4n) is 1.92. The van der Waals surface area contributed by atoms with Gasteiger partial charge in [-0.05, 0) is 37.1 Å². The Morgan fingerprint density at radius 2 is 1.67 bits per heavy atom. The maximum absolute atomic E-state index is 5.95. The second-order valence-corrected chi connectivity index (χ2v) is 5.06. The molecule has 0 aromatic heterocycles. The van der Waals surface area contributed by atoms with Gasteiger partial charge in [-0.15, -0.1) is 0 Å². The van der Waals surface area contributed by atoms with Crippen molar-refractivity contribution in [2.45, 2.75) is 20.3 Å². The molecule has 0 unspecified atom stereocenters. The number of hydrogen-bond donors (Lipinski definition) is 2. The summed E-state index contributed by atoms with van der Waals surface area (Å²) in [5.41, 5.74) is 15.3. The minimum Gasteiger partial charge on any atom is -0.493 e. The van der Waals surface area contributed by atoms with Crippen LogP contribution in [0.5, 0.6) is 11.5 Å². The fraction of sp³-hybridized carbons (Fsp3) is 0.294. The van der Waals surface area contributed by atoms with Gasteiger partial charge in [0, 0.05) is 18.2 Å². The molecule has 21 heavy (non-hydrogen) atoms. The maximum atomic E-state index is 5.95. The Labute approximate surface area is 125 Å². The molecule has 2 aromatic rings. The van der Waals surface area contributed by atoms with Gasteiger partial charge in [0.05, 0.1) is 18.9 Å². The summed E-state index contributed by atoms with van der Waals surface area (Å²) in [7, 11) is 0. The summed E-state index contributed by atoms with van der Waals surface area (Å²) in [5.74, 6) is 1.52. The van der Waals surface area contributed by atoms with Crippen molar-refractivity contribution < 1.29 is 9.47 Å². The molecule has 4 N–H and O–H groups in total. The summed E-state index contributed by atoms with van der Waals surface area (Å²) >= 11 is 0. The molecule has 112 valence electrons. The number of aryl methyl sites for hydroxylation is 2. The Balaban J connectivity index is 1.75. The van der Waals surface area contributed by atoms with Crippen LogP contribution in [-0.4, -0.2) is 13.2 Å². The number of nitrogens with two attached hydrogens (primary N) is 2. The van der Waals surface area contributed by atoms with Crippen molar-refractivity contribution in [2.24, 2.45) is 0 Å². The molecule has 0 heterocycles. The van der Waals surface area contributed by atoms with Crippen LogP contribution in [0.3, 0.4) is 0 Å². The third-order valence-corrected chi connectivity index (χ3v) is 3.35. The van der Waals surface area contributed by atoms with Crippen molar-refractivity contribution in [1.29, 1.82) is 0 Å². The number of benzene rings is 2. The second-order valence-electron chi connectivity index (χ2n) is 5.06. The predicted molar refractivity (Wildman–Crippen MR) is 86.8 cm³/mol. The first-order valence-electron chi connectivity index (χ1n) is 7.04. The first-order chi connectivity index (χ1) is 10.1. The molecule has 0 aliphatic carbocycles. The largest absolute Gasteiger partial charge is 0.493 e. The molecule has 0 bridgehead atoms. The summed E-state index contributed by atoms with van der Waals surface area (Å²) in [6.07, 6.45) is 0.779. The molecule has 0 amide bonds. The van der Waals surface area contributed by atoms with Crippen LogP contribution in [-0.2, 0) is 0 Å². The van der Waals surface area contributed by atoms with Crippen LogP contribution < -0.4 is 20.9 Å². The quantitative estimate of drug-likeness (QED) is 0.631. The van der Waals surface area contributed by atoms with Gasteiger partial charge in [-0.2, -0.15) is 0 Å². The van der Waals surface area contributed by atoms with E-state index in [0.717, 1.165) is 34.7 Å². The average molecular weight is 286 g/mol. The molecular weight excluding hydrogens is 264 g/mol. The van der Waals surface area contributed by atoms with E-state index in [9.17, 15) is 0 Å². The van der Waals surface area contributed by atoms with Crippen LogP contribution in [0.4, 0.5) is 11.4 Å². The van der Waals surface area contributed by atoms with E-state index in [-0.39, 0.29) is 0 Å². The van der Waals surface area contributed by atoms with Crippen molar-refractivity contribution in [3.05, 3.63) is 47.5 Å². The van der Waals surface area contributed by atoms with Crippen molar-refractivity contribution in [1.82, 2.24) is 0 Å². The van der Waals surface area contributed by atoms with Crippen LogP contribution in [0.25, 0.3) is 0 Å². The van der Waals surface area contributed by atoms with Gasteiger partial charge in [-0.25, -0.2) is 0 Å². The van der Waals surface area contributed by atoms with E-state index in [1.54, 1.807) is 0 Å². The molecule has 0 fully saturated rings. The van der Waals surface area contributed by atoms with E-state index in [4.69, 9.17) is 20.9 Å². The zero-order valence-corrected chi connectivity index (χ0v) is 12.6. The van der Waals surface area contributed by atoms with E-state index in [1.165, 1.54) is 0 Å². The molecule has 4 heteroatoms. The first-order valence-corrected chi connectivity index (χ1v) is 7.04. The van der Waals surface area contributed by atoms with Gasteiger partial charge >= 0.3 is 0 Å². The minimum absolute atomic E-state index is 0.564. The van der Waals surface area contributed by atoms with Crippen LogP contribution in [0, 0.1) is 13.8 Å². The molecule has 0 spiro atoms. The van der Waals surface area contributed by atoms with Gasteiger partial charge in [0.2, 0.25) is 0 Å². The van der Waals surface area contributed by atoms with E-state index in [1.807, 2.05) is 50.2 Å². The monoisotopic (exact) mass is 286 g/mol. The summed E-state index contributed by atoms with van der Waals surface area (Å²) in [6.45, 7) is 5.08. The smallest absolute Gasteiger partial charge is 0.142 e. The van der Waals surface area contributed by atoms with Crippen LogP contribution in [0.2, 0.25) is 0 Å². The van der Waals surface area contributed by atoms with Gasteiger partial charge in [-0.3, -0.25) is 0 Å². The summed E-state index contributed by atoms with van der Waals surface area (Å²) in [5, 5.41) is 0. The molecular formula is C17H22N2O2. The molecule has 4 nitrogen and oxygen atoms in total. The normalized spacial score (nSPS) is 10.4. The molecule has 2 aromatic carbocycles. The molecule has 0 aliphatic rings. The fourth-order valence-corrected chi connectivity index (χ4v) is 1.92. The lowest BCUT2D eigenvalue weighted by molar-refractivity contribution is 0.248. The second kappa shape index (κ2) is 6.88. The molecule has 0 aliphatic heterocycles. The third kappa shape index (κ3) is 4.05. The Kier molecular flexibility index (Phi) is 4.93. The van der Waals surface area contributed by atoms with Crippen molar-refractivity contribution in [3.8, 4) is 11.5 Å².